The van der Waals surface area contributed by atoms with Crippen molar-refractivity contribution in [2.24, 2.45) is 0 Å². The molecule has 0 amide bonds. The van der Waals surface area contributed by atoms with E-state index in [1.54, 1.807) is 7.11 Å². The van der Waals surface area contributed by atoms with E-state index >= 15 is 0 Å². The van der Waals surface area contributed by atoms with Crippen LogP contribution in [0.15, 0.2) is 24.3 Å². The van der Waals surface area contributed by atoms with Gasteiger partial charge in [0.25, 0.3) is 0 Å². The fourth-order valence-corrected chi connectivity index (χ4v) is 1.06. The van der Waals surface area contributed by atoms with Gasteiger partial charge in [0, 0.05) is 7.11 Å². The van der Waals surface area contributed by atoms with Crippen LogP contribution >= 0.6 is 0 Å². The molecule has 0 spiro atoms. The van der Waals surface area contributed by atoms with Gasteiger partial charge in [0.2, 0.25) is 5.79 Å². The molecule has 0 N–H and O–H groups in total. The molecule has 2 heteroatoms. The van der Waals surface area contributed by atoms with Gasteiger partial charge in [0.05, 0.1) is 0 Å². The van der Waals surface area contributed by atoms with Gasteiger partial charge in [-0.05, 0) is 12.2 Å². The van der Waals surface area contributed by atoms with Crippen molar-refractivity contribution in [1.29, 1.82) is 0 Å². The fourth-order valence-electron chi connectivity index (χ4n) is 1.06. The van der Waals surface area contributed by atoms with E-state index in [1.807, 2.05) is 24.3 Å². The summed E-state index contributed by atoms with van der Waals surface area (Å²) >= 11 is 0. The molecule has 0 saturated carbocycles. The minimum atomic E-state index is -0.380. The molecule has 0 radical (unpaired) electrons. The first-order valence-electron chi connectivity index (χ1n) is 2.96. The molecule has 2 rings (SSSR count). The lowest BCUT2D eigenvalue weighted by molar-refractivity contribution is 0.0300. The SMILES string of the molecule is COC12C=CC=CC1O2. The Morgan fingerprint density at radius 1 is 1.56 bits per heavy atom. The van der Waals surface area contributed by atoms with Crippen molar-refractivity contribution in [3.05, 3.63) is 24.3 Å². The van der Waals surface area contributed by atoms with Gasteiger partial charge in [0.1, 0.15) is 6.10 Å². The molecule has 1 aliphatic carbocycles. The van der Waals surface area contributed by atoms with Crippen LogP contribution in [0.4, 0.5) is 0 Å². The lowest BCUT2D eigenvalue weighted by atomic mass is 10.1. The van der Waals surface area contributed by atoms with E-state index < -0.39 is 0 Å². The maximum atomic E-state index is 5.22. The van der Waals surface area contributed by atoms with Crippen molar-refractivity contribution >= 4 is 0 Å². The molecule has 0 aromatic carbocycles. The minimum absolute atomic E-state index is 0.174. The summed E-state index contributed by atoms with van der Waals surface area (Å²) in [6.07, 6.45) is 8.00. The molecule has 2 unspecified atom stereocenters. The molecule has 0 aromatic heterocycles. The van der Waals surface area contributed by atoms with E-state index in [-0.39, 0.29) is 11.9 Å². The van der Waals surface area contributed by atoms with Crippen molar-refractivity contribution < 1.29 is 9.47 Å². The van der Waals surface area contributed by atoms with Gasteiger partial charge in [-0.3, -0.25) is 0 Å². The molecule has 2 aliphatic rings. The Bertz CT molecular complexity index is 183. The molecular weight excluding hydrogens is 116 g/mol. The summed E-state index contributed by atoms with van der Waals surface area (Å²) in [6.45, 7) is 0. The summed E-state index contributed by atoms with van der Waals surface area (Å²) in [5.41, 5.74) is 0. The van der Waals surface area contributed by atoms with Gasteiger partial charge in [-0.1, -0.05) is 12.2 Å². The smallest absolute Gasteiger partial charge is 0.219 e. The van der Waals surface area contributed by atoms with E-state index in [0.717, 1.165) is 0 Å². The highest BCUT2D eigenvalue weighted by Gasteiger charge is 2.54. The van der Waals surface area contributed by atoms with Gasteiger partial charge in [0.15, 0.2) is 0 Å². The molecule has 0 bridgehead atoms. The Balaban J connectivity index is 2.23. The largest absolute Gasteiger partial charge is 0.347 e. The molecule has 9 heavy (non-hydrogen) atoms. The van der Waals surface area contributed by atoms with Gasteiger partial charge < -0.3 is 9.47 Å². The zero-order chi connectivity index (χ0) is 6.32. The number of hydrogen-bond acceptors (Lipinski definition) is 2. The normalized spacial score (nSPS) is 44.8. The van der Waals surface area contributed by atoms with Crippen LogP contribution < -0.4 is 0 Å². The zero-order valence-corrected chi connectivity index (χ0v) is 5.20. The monoisotopic (exact) mass is 124 g/mol. The Kier molecular flexibility index (Phi) is 0.845. The summed E-state index contributed by atoms with van der Waals surface area (Å²) in [7, 11) is 1.66. The predicted molar refractivity (Wildman–Crippen MR) is 32.9 cm³/mol. The Morgan fingerprint density at radius 3 is 3.00 bits per heavy atom. The molecule has 1 heterocycles. The van der Waals surface area contributed by atoms with Crippen LogP contribution in [0.3, 0.4) is 0 Å². The fraction of sp³-hybridized carbons (Fsp3) is 0.429. The van der Waals surface area contributed by atoms with E-state index in [2.05, 4.69) is 0 Å². The number of epoxide rings is 1. The number of rotatable bonds is 1. The van der Waals surface area contributed by atoms with Crippen LogP contribution in [0.1, 0.15) is 0 Å². The van der Waals surface area contributed by atoms with Crippen molar-refractivity contribution in [3.63, 3.8) is 0 Å². The van der Waals surface area contributed by atoms with Gasteiger partial charge in [-0.25, -0.2) is 0 Å². The third kappa shape index (κ3) is 0.573. The standard InChI is InChI=1S/C7H8O2/c1-8-7-5-3-2-4-6(7)9-7/h2-6H,1H3. The lowest BCUT2D eigenvalue weighted by Crippen LogP contribution is -2.14. The third-order valence-electron chi connectivity index (χ3n) is 1.70. The Morgan fingerprint density at radius 2 is 2.44 bits per heavy atom. The summed E-state index contributed by atoms with van der Waals surface area (Å²) < 4.78 is 10.3. The Labute approximate surface area is 53.8 Å². The van der Waals surface area contributed by atoms with E-state index in [0.29, 0.717) is 0 Å². The lowest BCUT2D eigenvalue weighted by Gasteiger charge is -2.03. The summed E-state index contributed by atoms with van der Waals surface area (Å²) in [5.74, 6) is -0.380. The first kappa shape index (κ1) is 5.21. The van der Waals surface area contributed by atoms with E-state index in [9.17, 15) is 0 Å². The van der Waals surface area contributed by atoms with Crippen molar-refractivity contribution in [2.45, 2.75) is 11.9 Å². The van der Waals surface area contributed by atoms with Crippen LogP contribution in [0.5, 0.6) is 0 Å². The quantitative estimate of drug-likeness (QED) is 0.483. The molecule has 2 nitrogen and oxygen atoms in total. The summed E-state index contributed by atoms with van der Waals surface area (Å²) in [4.78, 5) is 0. The summed E-state index contributed by atoms with van der Waals surface area (Å²) in [6, 6.07) is 0. The highest BCUT2D eigenvalue weighted by atomic mass is 16.8. The highest BCUT2D eigenvalue weighted by molar-refractivity contribution is 5.27. The number of ether oxygens (including phenoxy) is 2. The average Bonchev–Trinajstić information content (AvgIpc) is 2.62. The highest BCUT2D eigenvalue weighted by Crippen LogP contribution is 2.41. The minimum Gasteiger partial charge on any atom is -0.347 e. The number of fused-ring (bicyclic) bond motifs is 1. The first-order chi connectivity index (χ1) is 4.37. The Hall–Kier alpha value is -0.600. The molecular formula is C7H8O2. The maximum absolute atomic E-state index is 5.22. The molecule has 48 valence electrons. The second kappa shape index (κ2) is 1.46. The van der Waals surface area contributed by atoms with Gasteiger partial charge in [-0.15, -0.1) is 0 Å². The van der Waals surface area contributed by atoms with Gasteiger partial charge in [-0.2, -0.15) is 0 Å². The van der Waals surface area contributed by atoms with Crippen LogP contribution in [-0.4, -0.2) is 19.0 Å². The first-order valence-corrected chi connectivity index (χ1v) is 2.96. The van der Waals surface area contributed by atoms with Crippen LogP contribution in [-0.2, 0) is 9.47 Å². The average molecular weight is 124 g/mol. The molecule has 0 aromatic rings. The van der Waals surface area contributed by atoms with Crippen LogP contribution in [0, 0.1) is 0 Å². The molecule has 2 atom stereocenters. The van der Waals surface area contributed by atoms with Crippen LogP contribution in [0.25, 0.3) is 0 Å². The van der Waals surface area contributed by atoms with Gasteiger partial charge >= 0.3 is 0 Å². The van der Waals surface area contributed by atoms with Crippen molar-refractivity contribution in [3.8, 4) is 0 Å². The maximum Gasteiger partial charge on any atom is 0.219 e. The number of methoxy groups -OCH3 is 1. The third-order valence-corrected chi connectivity index (χ3v) is 1.70. The number of hydrogen-bond donors (Lipinski definition) is 0. The molecule has 1 fully saturated rings. The van der Waals surface area contributed by atoms with Crippen molar-refractivity contribution in [1.82, 2.24) is 0 Å². The zero-order valence-electron chi connectivity index (χ0n) is 5.20. The number of allylic oxidation sites excluding steroid dienone is 2. The van der Waals surface area contributed by atoms with Crippen molar-refractivity contribution in [2.75, 3.05) is 7.11 Å². The second-order valence-corrected chi connectivity index (χ2v) is 2.21. The second-order valence-electron chi connectivity index (χ2n) is 2.21. The topological polar surface area (TPSA) is 21.8 Å². The van der Waals surface area contributed by atoms with E-state index in [1.165, 1.54) is 0 Å². The van der Waals surface area contributed by atoms with Crippen LogP contribution in [0.2, 0.25) is 0 Å². The summed E-state index contributed by atoms with van der Waals surface area (Å²) in [5, 5.41) is 0. The van der Waals surface area contributed by atoms with E-state index in [4.69, 9.17) is 9.47 Å². The molecule has 1 aliphatic heterocycles. The molecule has 1 saturated heterocycles. The predicted octanol–water partition coefficient (Wildman–Crippen LogP) is 0.854.